The molecule has 26 heavy (non-hydrogen) atoms. The molecule has 0 atom stereocenters. The molecule has 0 fully saturated rings. The molecule has 0 bridgehead atoms. The number of hydrogen-bond acceptors (Lipinski definition) is 7. The number of hydrogen-bond donors (Lipinski definition) is 0. The number of rotatable bonds is 9. The molecule has 0 radical (unpaired) electrons. The van der Waals surface area contributed by atoms with Gasteiger partial charge in [0.15, 0.2) is 9.84 Å². The fourth-order valence-corrected chi connectivity index (χ4v) is 4.81. The van der Waals surface area contributed by atoms with E-state index in [9.17, 15) is 16.8 Å². The maximum atomic E-state index is 12.6. The van der Waals surface area contributed by atoms with Crippen LogP contribution in [-0.4, -0.2) is 51.3 Å². The fourth-order valence-electron chi connectivity index (χ4n) is 2.10. The number of benzene rings is 1. The van der Waals surface area contributed by atoms with Crippen molar-refractivity contribution in [3.63, 3.8) is 0 Å². The molecule has 0 unspecified atom stereocenters. The summed E-state index contributed by atoms with van der Waals surface area (Å²) in [6.07, 6.45) is 1.67. The first-order valence-corrected chi connectivity index (χ1v) is 12.0. The molecule has 0 N–H and O–H groups in total. The lowest BCUT2D eigenvalue weighted by molar-refractivity contribution is 0.340. The Balaban J connectivity index is 2.01. The molecule has 0 aliphatic carbocycles. The molecule has 0 saturated carbocycles. The highest BCUT2D eigenvalue weighted by Gasteiger charge is 2.21. The molecule has 2 aromatic rings. The second kappa shape index (κ2) is 8.47. The van der Waals surface area contributed by atoms with Gasteiger partial charge in [0, 0.05) is 30.4 Å². The van der Waals surface area contributed by atoms with Crippen LogP contribution in [0.2, 0.25) is 0 Å². The van der Waals surface area contributed by atoms with Crippen LogP contribution in [0.25, 0.3) is 0 Å². The Bertz CT molecular complexity index is 935. The van der Waals surface area contributed by atoms with E-state index < -0.39 is 19.9 Å². The van der Waals surface area contributed by atoms with E-state index in [1.165, 1.54) is 47.0 Å². The number of aromatic nitrogens is 1. The van der Waals surface area contributed by atoms with Crippen molar-refractivity contribution in [2.24, 2.45) is 0 Å². The molecular formula is C16H22N2O5S3. The lowest BCUT2D eigenvalue weighted by Crippen LogP contribution is -2.26. The summed E-state index contributed by atoms with van der Waals surface area (Å²) in [7, 11) is -5.21. The molecule has 1 heterocycles. The minimum Gasteiger partial charge on any atom is -0.493 e. The molecule has 0 spiro atoms. The Kier molecular flexibility index (Phi) is 6.78. The Hall–Kier alpha value is -1.49. The minimum absolute atomic E-state index is 0.0346. The summed E-state index contributed by atoms with van der Waals surface area (Å²) in [4.78, 5) is 5.14. The zero-order valence-corrected chi connectivity index (χ0v) is 17.3. The second-order valence-electron chi connectivity index (χ2n) is 5.66. The lowest BCUT2D eigenvalue weighted by Gasteiger charge is -2.16. The van der Waals surface area contributed by atoms with Crippen molar-refractivity contribution < 1.29 is 21.6 Å². The van der Waals surface area contributed by atoms with Crippen molar-refractivity contribution in [2.45, 2.75) is 25.3 Å². The zero-order valence-electron chi connectivity index (χ0n) is 14.9. The van der Waals surface area contributed by atoms with Crippen molar-refractivity contribution in [1.82, 2.24) is 9.29 Å². The first kappa shape index (κ1) is 20.8. The number of thiazole rings is 1. The van der Waals surface area contributed by atoms with E-state index in [2.05, 4.69) is 4.98 Å². The van der Waals surface area contributed by atoms with Crippen molar-refractivity contribution in [1.29, 1.82) is 0 Å². The van der Waals surface area contributed by atoms with Crippen LogP contribution in [-0.2, 0) is 26.4 Å². The summed E-state index contributed by atoms with van der Waals surface area (Å²) >= 11 is 1.46. The molecule has 7 nitrogen and oxygen atoms in total. The van der Waals surface area contributed by atoms with Crippen LogP contribution < -0.4 is 4.74 Å². The summed E-state index contributed by atoms with van der Waals surface area (Å²) < 4.78 is 54.8. The lowest BCUT2D eigenvalue weighted by atomic mass is 10.3. The largest absolute Gasteiger partial charge is 0.493 e. The van der Waals surface area contributed by atoms with E-state index in [0.29, 0.717) is 5.75 Å². The van der Waals surface area contributed by atoms with Gasteiger partial charge in [0.1, 0.15) is 12.4 Å². The number of ether oxygens (including phenoxy) is 1. The van der Waals surface area contributed by atoms with Gasteiger partial charge in [-0.05, 0) is 31.2 Å². The number of aryl methyl sites for hydroxylation is 1. The quantitative estimate of drug-likeness (QED) is 0.619. The highest BCUT2D eigenvalue weighted by atomic mass is 32.2. The summed E-state index contributed by atoms with van der Waals surface area (Å²) in [5, 5.41) is 0.886. The smallest absolute Gasteiger partial charge is 0.243 e. The summed E-state index contributed by atoms with van der Waals surface area (Å²) in [6, 6.07) is 5.95. The van der Waals surface area contributed by atoms with E-state index in [-0.39, 0.29) is 29.6 Å². The molecule has 0 saturated heterocycles. The van der Waals surface area contributed by atoms with Crippen LogP contribution in [0.4, 0.5) is 0 Å². The second-order valence-corrected chi connectivity index (χ2v) is 11.5. The van der Waals surface area contributed by atoms with Gasteiger partial charge in [0.2, 0.25) is 10.0 Å². The molecule has 2 rings (SSSR count). The highest BCUT2D eigenvalue weighted by Crippen LogP contribution is 2.22. The topological polar surface area (TPSA) is 93.6 Å². The minimum atomic E-state index is -3.63. The molecule has 0 amide bonds. The van der Waals surface area contributed by atoms with Crippen molar-refractivity contribution in [3.8, 4) is 5.75 Å². The summed E-state index contributed by atoms with van der Waals surface area (Å²) in [5.41, 5.74) is 0. The molecular weight excluding hydrogens is 396 g/mol. The van der Waals surface area contributed by atoms with Crippen LogP contribution >= 0.6 is 11.3 Å². The van der Waals surface area contributed by atoms with Gasteiger partial charge in [-0.15, -0.1) is 11.3 Å². The fraction of sp³-hybridized carbons (Fsp3) is 0.438. The zero-order chi connectivity index (χ0) is 19.4. The van der Waals surface area contributed by atoms with E-state index in [0.717, 1.165) is 9.88 Å². The van der Waals surface area contributed by atoms with Gasteiger partial charge >= 0.3 is 0 Å². The van der Waals surface area contributed by atoms with E-state index in [1.807, 2.05) is 6.92 Å². The van der Waals surface area contributed by atoms with Gasteiger partial charge in [0.05, 0.1) is 15.7 Å². The molecule has 144 valence electrons. The van der Waals surface area contributed by atoms with Crippen LogP contribution in [0.3, 0.4) is 0 Å². The average Bonchev–Trinajstić information content (AvgIpc) is 3.00. The highest BCUT2D eigenvalue weighted by molar-refractivity contribution is 7.91. The van der Waals surface area contributed by atoms with Gasteiger partial charge in [-0.2, -0.15) is 4.31 Å². The van der Waals surface area contributed by atoms with E-state index in [1.54, 1.807) is 13.1 Å². The molecule has 0 aliphatic heterocycles. The van der Waals surface area contributed by atoms with Crippen LogP contribution in [0.15, 0.2) is 35.4 Å². The predicted octanol–water partition coefficient (Wildman–Crippen LogP) is 2.09. The predicted molar refractivity (Wildman–Crippen MR) is 102 cm³/mol. The standard InChI is InChI=1S/C16H22N2O5S3/c1-4-25(19,20)10-9-23-14-5-7-16(8-6-14)26(21,22)18(3)12-15-11-17-13(2)24-15/h5-8,11H,4,9-10,12H2,1-3H3. The first-order valence-electron chi connectivity index (χ1n) is 7.95. The summed E-state index contributed by atoms with van der Waals surface area (Å²) in [5.74, 6) is 0.427. The van der Waals surface area contributed by atoms with Crippen molar-refractivity contribution >= 4 is 31.2 Å². The normalized spacial score (nSPS) is 12.5. The molecule has 1 aromatic heterocycles. The monoisotopic (exact) mass is 418 g/mol. The molecule has 10 heteroatoms. The Morgan fingerprint density at radius 1 is 1.15 bits per heavy atom. The maximum Gasteiger partial charge on any atom is 0.243 e. The van der Waals surface area contributed by atoms with Crippen molar-refractivity contribution in [3.05, 3.63) is 40.3 Å². The van der Waals surface area contributed by atoms with E-state index >= 15 is 0 Å². The van der Waals surface area contributed by atoms with Gasteiger partial charge in [0.25, 0.3) is 0 Å². The van der Waals surface area contributed by atoms with E-state index in [4.69, 9.17) is 4.74 Å². The summed E-state index contributed by atoms with van der Waals surface area (Å²) in [6.45, 7) is 3.74. The Morgan fingerprint density at radius 2 is 1.81 bits per heavy atom. The van der Waals surface area contributed by atoms with Crippen LogP contribution in [0.1, 0.15) is 16.8 Å². The number of sulfone groups is 1. The van der Waals surface area contributed by atoms with Crippen molar-refractivity contribution in [2.75, 3.05) is 25.2 Å². The third-order valence-electron chi connectivity index (χ3n) is 3.68. The van der Waals surface area contributed by atoms with Gasteiger partial charge in [-0.3, -0.25) is 0 Å². The first-order chi connectivity index (χ1) is 12.1. The van der Waals surface area contributed by atoms with Crippen LogP contribution in [0, 0.1) is 6.92 Å². The molecule has 0 aliphatic rings. The average molecular weight is 419 g/mol. The Morgan fingerprint density at radius 3 is 2.35 bits per heavy atom. The van der Waals surface area contributed by atoms with Crippen LogP contribution in [0.5, 0.6) is 5.75 Å². The SMILES string of the molecule is CCS(=O)(=O)CCOc1ccc(S(=O)(=O)N(C)Cc2cnc(C)s2)cc1. The maximum absolute atomic E-state index is 12.6. The third-order valence-corrected chi connectivity index (χ3v) is 8.07. The molecule has 1 aromatic carbocycles. The number of sulfonamides is 1. The van der Waals surface area contributed by atoms with Gasteiger partial charge in [-0.1, -0.05) is 6.92 Å². The van der Waals surface area contributed by atoms with Gasteiger partial charge < -0.3 is 4.74 Å². The number of nitrogens with zero attached hydrogens (tertiary/aromatic N) is 2. The Labute approximate surface area is 158 Å². The third kappa shape index (κ3) is 5.50. The van der Waals surface area contributed by atoms with Gasteiger partial charge in [-0.25, -0.2) is 21.8 Å².